The van der Waals surface area contributed by atoms with Gasteiger partial charge in [0.2, 0.25) is 0 Å². The number of hydrogen-bond acceptors (Lipinski definition) is 5. The minimum atomic E-state index is -4.48. The zero-order valence-corrected chi connectivity index (χ0v) is 10.8. The fourth-order valence-corrected chi connectivity index (χ4v) is 2.64. The minimum Gasteiger partial charge on any atom is -0.507 e. The second kappa shape index (κ2) is 4.17. The van der Waals surface area contributed by atoms with Crippen molar-refractivity contribution in [3.05, 3.63) is 30.3 Å². The third kappa shape index (κ3) is 2.68. The van der Waals surface area contributed by atoms with Gasteiger partial charge in [0.05, 0.1) is 9.79 Å². The van der Waals surface area contributed by atoms with E-state index in [-0.39, 0.29) is 10.8 Å². The number of rotatable bonds is 2. The van der Waals surface area contributed by atoms with Crippen LogP contribution in [0.3, 0.4) is 0 Å². The van der Waals surface area contributed by atoms with Gasteiger partial charge in [0.1, 0.15) is 5.75 Å². The van der Waals surface area contributed by atoms with E-state index in [0.717, 1.165) is 24.3 Å². The molecule has 7 nitrogen and oxygen atoms in total. The molecule has 19 heavy (non-hydrogen) atoms. The zero-order chi connectivity index (χ0) is 14.4. The van der Waals surface area contributed by atoms with Gasteiger partial charge in [-0.3, -0.25) is 9.11 Å². The Morgan fingerprint density at radius 3 is 1.89 bits per heavy atom. The Morgan fingerprint density at radius 1 is 0.789 bits per heavy atom. The molecule has 0 spiro atoms. The van der Waals surface area contributed by atoms with Crippen molar-refractivity contribution in [1.82, 2.24) is 0 Å². The standard InChI is InChI=1S/C10H8O7S2/c11-10-5-8(19(15,16)17)3-6-1-2-7(4-9(6)10)18(12,13)14/h1-5,11H,(H,12,13,14)(H,15,16,17). The number of phenols is 1. The molecule has 0 aliphatic carbocycles. The van der Waals surface area contributed by atoms with Crippen molar-refractivity contribution in [3.8, 4) is 5.75 Å². The molecule has 0 saturated carbocycles. The summed E-state index contributed by atoms with van der Waals surface area (Å²) in [5.41, 5.74) is 0. The summed E-state index contributed by atoms with van der Waals surface area (Å²) < 4.78 is 61.6. The van der Waals surface area contributed by atoms with Crippen molar-refractivity contribution in [2.24, 2.45) is 0 Å². The lowest BCUT2D eigenvalue weighted by atomic mass is 10.1. The summed E-state index contributed by atoms with van der Waals surface area (Å²) in [6, 6.07) is 5.09. The SMILES string of the molecule is O=S(=O)(O)c1cc(O)c2cc(S(=O)(=O)O)ccc2c1. The molecule has 0 amide bonds. The molecule has 9 heteroatoms. The average molecular weight is 304 g/mol. The Morgan fingerprint density at radius 2 is 1.37 bits per heavy atom. The maximum atomic E-state index is 11.0. The second-order valence-corrected chi connectivity index (χ2v) is 6.62. The van der Waals surface area contributed by atoms with Gasteiger partial charge >= 0.3 is 0 Å². The molecule has 0 bridgehead atoms. The van der Waals surface area contributed by atoms with Gasteiger partial charge in [0.15, 0.2) is 0 Å². The van der Waals surface area contributed by atoms with E-state index < -0.39 is 35.8 Å². The van der Waals surface area contributed by atoms with E-state index in [1.54, 1.807) is 0 Å². The Balaban J connectivity index is 2.82. The topological polar surface area (TPSA) is 129 Å². The first-order chi connectivity index (χ1) is 8.59. The molecule has 3 N–H and O–H groups in total. The molecule has 2 aromatic rings. The molecule has 0 fully saturated rings. The molecule has 102 valence electrons. The molecule has 2 rings (SSSR count). The van der Waals surface area contributed by atoms with E-state index in [1.807, 2.05) is 0 Å². The number of phenolic OH excluding ortho intramolecular Hbond substituents is 1. The summed E-state index contributed by atoms with van der Waals surface area (Å²) in [6.45, 7) is 0. The van der Waals surface area contributed by atoms with Crippen LogP contribution in [0.2, 0.25) is 0 Å². The van der Waals surface area contributed by atoms with Crippen LogP contribution >= 0.6 is 0 Å². The number of benzene rings is 2. The molecule has 0 heterocycles. The lowest BCUT2D eigenvalue weighted by Gasteiger charge is -2.05. The Bertz CT molecular complexity index is 866. The first-order valence-corrected chi connectivity index (χ1v) is 7.69. The van der Waals surface area contributed by atoms with Crippen LogP contribution in [0.1, 0.15) is 0 Å². The van der Waals surface area contributed by atoms with Gasteiger partial charge in [-0.2, -0.15) is 16.8 Å². The summed E-state index contributed by atoms with van der Waals surface area (Å²) in [6.07, 6.45) is 0. The van der Waals surface area contributed by atoms with Crippen LogP contribution in [0.5, 0.6) is 5.75 Å². The van der Waals surface area contributed by atoms with Gasteiger partial charge in [0, 0.05) is 11.5 Å². The van der Waals surface area contributed by atoms with Crippen LogP contribution < -0.4 is 0 Å². The first-order valence-electron chi connectivity index (χ1n) is 4.81. The van der Waals surface area contributed by atoms with E-state index >= 15 is 0 Å². The van der Waals surface area contributed by atoms with Crippen molar-refractivity contribution >= 4 is 31.0 Å². The summed E-state index contributed by atoms with van der Waals surface area (Å²) in [5.74, 6) is -0.532. The minimum absolute atomic E-state index is 0.0301. The molecule has 0 atom stereocenters. The lowest BCUT2D eigenvalue weighted by molar-refractivity contribution is 0.470. The van der Waals surface area contributed by atoms with Crippen molar-refractivity contribution in [2.45, 2.75) is 9.79 Å². The van der Waals surface area contributed by atoms with Crippen molar-refractivity contribution < 1.29 is 31.0 Å². The Kier molecular flexibility index (Phi) is 3.01. The molecule has 2 aromatic carbocycles. The van der Waals surface area contributed by atoms with Gasteiger partial charge in [-0.05, 0) is 23.6 Å². The highest BCUT2D eigenvalue weighted by molar-refractivity contribution is 7.86. The maximum absolute atomic E-state index is 11.0. The van der Waals surface area contributed by atoms with Crippen LogP contribution in [0, 0.1) is 0 Å². The van der Waals surface area contributed by atoms with Gasteiger partial charge in [-0.25, -0.2) is 0 Å². The van der Waals surface area contributed by atoms with Crippen molar-refractivity contribution in [2.75, 3.05) is 0 Å². The molecule has 0 saturated heterocycles. The van der Waals surface area contributed by atoms with Crippen LogP contribution in [0.25, 0.3) is 10.8 Å². The molecular formula is C10H8O7S2. The van der Waals surface area contributed by atoms with Gasteiger partial charge < -0.3 is 5.11 Å². The highest BCUT2D eigenvalue weighted by atomic mass is 32.2. The van der Waals surface area contributed by atoms with Gasteiger partial charge in [-0.1, -0.05) is 6.07 Å². The number of aromatic hydroxyl groups is 1. The third-order valence-corrected chi connectivity index (χ3v) is 4.15. The summed E-state index contributed by atoms with van der Waals surface area (Å²) >= 11 is 0. The highest BCUT2D eigenvalue weighted by Crippen LogP contribution is 2.30. The van der Waals surface area contributed by atoms with Crippen LogP contribution in [-0.2, 0) is 20.2 Å². The van der Waals surface area contributed by atoms with Crippen LogP contribution in [0.15, 0.2) is 40.1 Å². The zero-order valence-electron chi connectivity index (χ0n) is 9.18. The largest absolute Gasteiger partial charge is 0.507 e. The average Bonchev–Trinajstić information content (AvgIpc) is 2.26. The van der Waals surface area contributed by atoms with Gasteiger partial charge in [0.25, 0.3) is 20.2 Å². The smallest absolute Gasteiger partial charge is 0.294 e. The van der Waals surface area contributed by atoms with E-state index in [4.69, 9.17) is 9.11 Å². The summed E-state index contributed by atoms with van der Waals surface area (Å²) in [4.78, 5) is -0.952. The van der Waals surface area contributed by atoms with E-state index in [0.29, 0.717) is 0 Å². The number of fused-ring (bicyclic) bond motifs is 1. The molecule has 0 aromatic heterocycles. The van der Waals surface area contributed by atoms with Gasteiger partial charge in [-0.15, -0.1) is 0 Å². The Labute approximate surface area is 108 Å². The van der Waals surface area contributed by atoms with E-state index in [2.05, 4.69) is 0 Å². The molecule has 0 aliphatic heterocycles. The fraction of sp³-hybridized carbons (Fsp3) is 0. The lowest BCUT2D eigenvalue weighted by Crippen LogP contribution is -1.99. The molecular weight excluding hydrogens is 296 g/mol. The maximum Gasteiger partial charge on any atom is 0.294 e. The quantitative estimate of drug-likeness (QED) is 0.707. The molecule has 0 unspecified atom stereocenters. The van der Waals surface area contributed by atoms with Crippen LogP contribution in [0.4, 0.5) is 0 Å². The summed E-state index contributed by atoms with van der Waals surface area (Å²) in [7, 11) is -8.91. The highest BCUT2D eigenvalue weighted by Gasteiger charge is 2.16. The predicted octanol–water partition coefficient (Wildman–Crippen LogP) is 1.04. The van der Waals surface area contributed by atoms with Crippen molar-refractivity contribution in [1.29, 1.82) is 0 Å². The fourth-order valence-electron chi connectivity index (χ4n) is 1.60. The third-order valence-electron chi connectivity index (χ3n) is 2.47. The normalized spacial score (nSPS) is 12.7. The second-order valence-electron chi connectivity index (χ2n) is 3.78. The first kappa shape index (κ1) is 13.7. The van der Waals surface area contributed by atoms with Crippen molar-refractivity contribution in [3.63, 3.8) is 0 Å². The monoisotopic (exact) mass is 304 g/mol. The van der Waals surface area contributed by atoms with E-state index in [9.17, 15) is 21.9 Å². The Hall–Kier alpha value is -1.68. The van der Waals surface area contributed by atoms with Crippen LogP contribution in [-0.4, -0.2) is 31.0 Å². The predicted molar refractivity (Wildman–Crippen MR) is 65.2 cm³/mol. The summed E-state index contributed by atoms with van der Waals surface area (Å²) in [5, 5.41) is 9.88. The molecule has 0 aliphatic rings. The molecule has 0 radical (unpaired) electrons. The van der Waals surface area contributed by atoms with E-state index in [1.165, 1.54) is 6.07 Å². The number of hydrogen-bond donors (Lipinski definition) is 3.